The molecule has 6 heteroatoms. The van der Waals surface area contributed by atoms with Crippen LogP contribution in [0.4, 0.5) is 0 Å². The number of amides is 1. The first kappa shape index (κ1) is 15.7. The third-order valence-corrected chi connectivity index (χ3v) is 4.66. The predicted molar refractivity (Wildman–Crippen MR) is 92.4 cm³/mol. The molecule has 0 aliphatic rings. The Morgan fingerprint density at radius 1 is 1.30 bits per heavy atom. The number of aromatic nitrogens is 2. The van der Waals surface area contributed by atoms with E-state index in [1.807, 2.05) is 26.0 Å². The number of fused-ring (bicyclic) bond motifs is 1. The van der Waals surface area contributed by atoms with Gasteiger partial charge in [0, 0.05) is 23.5 Å². The van der Waals surface area contributed by atoms with Crippen LogP contribution in [0.3, 0.4) is 0 Å². The largest absolute Gasteiger partial charge is 0.392 e. The smallest absolute Gasteiger partial charge is 0.251 e. The molecule has 0 saturated carbocycles. The number of nitrogens with zero attached hydrogens (tertiary/aromatic N) is 2. The number of aliphatic hydroxyl groups is 1. The second kappa shape index (κ2) is 6.14. The molecule has 23 heavy (non-hydrogen) atoms. The van der Waals surface area contributed by atoms with Crippen LogP contribution in [0.1, 0.15) is 28.7 Å². The molecule has 5 nitrogen and oxygen atoms in total. The molecular formula is C17H19N3O2S. The number of benzene rings is 1. The average Bonchev–Trinajstić information content (AvgIpc) is 3.06. The zero-order chi connectivity index (χ0) is 16.6. The van der Waals surface area contributed by atoms with Gasteiger partial charge in [-0.15, -0.1) is 0 Å². The van der Waals surface area contributed by atoms with E-state index >= 15 is 0 Å². The van der Waals surface area contributed by atoms with Crippen molar-refractivity contribution in [1.29, 1.82) is 0 Å². The molecule has 0 bridgehead atoms. The first-order chi connectivity index (χ1) is 11.0. The summed E-state index contributed by atoms with van der Waals surface area (Å²) in [6.45, 7) is 5.98. The fraction of sp³-hybridized carbons (Fsp3) is 0.294. The van der Waals surface area contributed by atoms with Gasteiger partial charge in [0.2, 0.25) is 0 Å². The third-order valence-electron chi connectivity index (χ3n) is 3.66. The van der Waals surface area contributed by atoms with Crippen molar-refractivity contribution in [2.24, 2.45) is 0 Å². The minimum absolute atomic E-state index is 0.184. The lowest BCUT2D eigenvalue weighted by molar-refractivity contribution is 0.0924. The van der Waals surface area contributed by atoms with Gasteiger partial charge >= 0.3 is 0 Å². The molecule has 3 aromatic rings. The lowest BCUT2D eigenvalue weighted by Crippen LogP contribution is -2.30. The molecule has 0 spiro atoms. The molecule has 0 radical (unpaired) electrons. The number of hydrogen-bond acceptors (Lipinski definition) is 4. The van der Waals surface area contributed by atoms with Crippen molar-refractivity contribution in [3.05, 3.63) is 47.3 Å². The Labute approximate surface area is 138 Å². The fourth-order valence-electron chi connectivity index (χ4n) is 2.46. The van der Waals surface area contributed by atoms with Crippen LogP contribution in [-0.4, -0.2) is 33.2 Å². The van der Waals surface area contributed by atoms with Crippen LogP contribution in [-0.2, 0) is 0 Å². The van der Waals surface area contributed by atoms with Crippen LogP contribution in [0.2, 0.25) is 0 Å². The second-order valence-corrected chi connectivity index (χ2v) is 6.70. The maximum absolute atomic E-state index is 12.1. The summed E-state index contributed by atoms with van der Waals surface area (Å²) in [5, 5.41) is 12.9. The minimum Gasteiger partial charge on any atom is -0.392 e. The maximum Gasteiger partial charge on any atom is 0.251 e. The Morgan fingerprint density at radius 3 is 2.65 bits per heavy atom. The lowest BCUT2D eigenvalue weighted by atomic mass is 10.2. The van der Waals surface area contributed by atoms with Crippen LogP contribution in [0.5, 0.6) is 0 Å². The number of rotatable bonds is 4. The molecule has 0 aliphatic carbocycles. The molecule has 2 heterocycles. The van der Waals surface area contributed by atoms with Crippen LogP contribution in [0.15, 0.2) is 30.3 Å². The standard InChI is InChI=1S/C17H19N3O2S/c1-10-4-5-11(2)20(10)17-19-14-7-6-13(8-15(14)23-17)16(22)18-9-12(3)21/h4-8,12,21H,9H2,1-3H3,(H,18,22). The Morgan fingerprint density at radius 2 is 2.00 bits per heavy atom. The van der Waals surface area contributed by atoms with Crippen LogP contribution >= 0.6 is 11.3 Å². The van der Waals surface area contributed by atoms with Gasteiger partial charge in [-0.1, -0.05) is 11.3 Å². The zero-order valence-corrected chi connectivity index (χ0v) is 14.1. The molecule has 1 amide bonds. The summed E-state index contributed by atoms with van der Waals surface area (Å²) in [4.78, 5) is 16.8. The highest BCUT2D eigenvalue weighted by atomic mass is 32.1. The third kappa shape index (κ3) is 3.13. The van der Waals surface area contributed by atoms with Crippen molar-refractivity contribution in [1.82, 2.24) is 14.9 Å². The minimum atomic E-state index is -0.558. The number of thiazole rings is 1. The van der Waals surface area contributed by atoms with Crippen LogP contribution in [0.25, 0.3) is 15.3 Å². The van der Waals surface area contributed by atoms with Crippen molar-refractivity contribution in [2.75, 3.05) is 6.54 Å². The van der Waals surface area contributed by atoms with Crippen molar-refractivity contribution in [3.63, 3.8) is 0 Å². The highest BCUT2D eigenvalue weighted by molar-refractivity contribution is 7.20. The Hall–Kier alpha value is -2.18. The van der Waals surface area contributed by atoms with Gasteiger partial charge in [-0.05, 0) is 51.1 Å². The van der Waals surface area contributed by atoms with Gasteiger partial charge in [0.15, 0.2) is 5.13 Å². The first-order valence-corrected chi connectivity index (χ1v) is 8.29. The SMILES string of the molecule is Cc1ccc(C)n1-c1nc2ccc(C(=O)NCC(C)O)cc2s1. The van der Waals surface area contributed by atoms with Crippen molar-refractivity contribution in [3.8, 4) is 5.13 Å². The monoisotopic (exact) mass is 329 g/mol. The predicted octanol–water partition coefficient (Wildman–Crippen LogP) is 2.81. The van der Waals surface area contributed by atoms with E-state index in [1.165, 1.54) is 0 Å². The number of aliphatic hydroxyl groups excluding tert-OH is 1. The number of carbonyl (C=O) groups is 1. The van der Waals surface area contributed by atoms with Crippen LogP contribution in [0, 0.1) is 13.8 Å². The zero-order valence-electron chi connectivity index (χ0n) is 13.3. The second-order valence-electron chi connectivity index (χ2n) is 5.69. The maximum atomic E-state index is 12.1. The van der Waals surface area contributed by atoms with Crippen molar-refractivity contribution in [2.45, 2.75) is 26.9 Å². The summed E-state index contributed by atoms with van der Waals surface area (Å²) in [7, 11) is 0. The highest BCUT2D eigenvalue weighted by Crippen LogP contribution is 2.28. The summed E-state index contributed by atoms with van der Waals surface area (Å²) in [5.41, 5.74) is 3.73. The summed E-state index contributed by atoms with van der Waals surface area (Å²) in [6.07, 6.45) is -0.558. The Bertz CT molecular complexity index is 844. The molecule has 1 atom stereocenters. The Balaban J connectivity index is 1.94. The average molecular weight is 329 g/mol. The van der Waals surface area contributed by atoms with Crippen molar-refractivity contribution >= 4 is 27.5 Å². The van der Waals surface area contributed by atoms with Gasteiger partial charge in [-0.25, -0.2) is 4.98 Å². The summed E-state index contributed by atoms with van der Waals surface area (Å²) < 4.78 is 3.08. The summed E-state index contributed by atoms with van der Waals surface area (Å²) >= 11 is 1.56. The number of nitrogens with one attached hydrogen (secondary N) is 1. The first-order valence-electron chi connectivity index (χ1n) is 7.48. The molecule has 0 aliphatic heterocycles. The van der Waals surface area contributed by atoms with Gasteiger partial charge in [-0.2, -0.15) is 0 Å². The number of hydrogen-bond donors (Lipinski definition) is 2. The summed E-state index contributed by atoms with van der Waals surface area (Å²) in [6, 6.07) is 9.61. The van der Waals surface area contributed by atoms with Gasteiger partial charge in [0.1, 0.15) is 0 Å². The van der Waals surface area contributed by atoms with Gasteiger partial charge in [0.25, 0.3) is 5.91 Å². The molecule has 2 aromatic heterocycles. The molecule has 1 unspecified atom stereocenters. The molecule has 120 valence electrons. The summed E-state index contributed by atoms with van der Waals surface area (Å²) in [5.74, 6) is -0.184. The van der Waals surface area contributed by atoms with E-state index < -0.39 is 6.10 Å². The van der Waals surface area contributed by atoms with Gasteiger partial charge < -0.3 is 10.4 Å². The highest BCUT2D eigenvalue weighted by Gasteiger charge is 2.12. The normalized spacial score (nSPS) is 12.5. The molecule has 3 rings (SSSR count). The molecular weight excluding hydrogens is 310 g/mol. The number of aryl methyl sites for hydroxylation is 2. The van der Waals surface area contributed by atoms with E-state index in [4.69, 9.17) is 0 Å². The Kier molecular flexibility index (Phi) is 4.19. The van der Waals surface area contributed by atoms with Gasteiger partial charge in [0.05, 0.1) is 16.3 Å². The van der Waals surface area contributed by atoms with Crippen LogP contribution < -0.4 is 5.32 Å². The molecule has 2 N–H and O–H groups in total. The van der Waals surface area contributed by atoms with Crippen molar-refractivity contribution < 1.29 is 9.90 Å². The van der Waals surface area contributed by atoms with E-state index in [9.17, 15) is 9.90 Å². The molecule has 0 fully saturated rings. The number of carbonyl (C=O) groups excluding carboxylic acids is 1. The van der Waals surface area contributed by atoms with E-state index in [0.717, 1.165) is 26.7 Å². The lowest BCUT2D eigenvalue weighted by Gasteiger charge is -2.06. The van der Waals surface area contributed by atoms with E-state index in [-0.39, 0.29) is 12.5 Å². The topological polar surface area (TPSA) is 67.2 Å². The fourth-order valence-corrected chi connectivity index (χ4v) is 3.59. The van der Waals surface area contributed by atoms with E-state index in [0.29, 0.717) is 5.56 Å². The van der Waals surface area contributed by atoms with E-state index in [1.54, 1.807) is 24.3 Å². The molecule has 1 aromatic carbocycles. The molecule has 0 saturated heterocycles. The quantitative estimate of drug-likeness (QED) is 0.773. The van der Waals surface area contributed by atoms with Gasteiger partial charge in [-0.3, -0.25) is 9.36 Å². The van der Waals surface area contributed by atoms with E-state index in [2.05, 4.69) is 27.0 Å².